The average molecular weight is 503 g/mol. The van der Waals surface area contributed by atoms with E-state index < -0.39 is 23.9 Å². The van der Waals surface area contributed by atoms with Crippen molar-refractivity contribution in [1.82, 2.24) is 34.8 Å². The van der Waals surface area contributed by atoms with Crippen LogP contribution in [0.2, 0.25) is 0 Å². The molecule has 2 aliphatic heterocycles. The molecule has 1 N–H and O–H groups in total. The second-order valence-electron chi connectivity index (χ2n) is 10.8. The van der Waals surface area contributed by atoms with Gasteiger partial charge in [0.1, 0.15) is 12.0 Å². The summed E-state index contributed by atoms with van der Waals surface area (Å²) in [5.41, 5.74) is -0.640. The number of halogens is 6. The molecule has 4 aliphatic rings. The van der Waals surface area contributed by atoms with Gasteiger partial charge in [-0.15, -0.1) is 5.10 Å². The van der Waals surface area contributed by atoms with Crippen LogP contribution in [0, 0.1) is 16.7 Å². The number of nitrogens with zero attached hydrogens (tertiary/aromatic N) is 6. The zero-order valence-corrected chi connectivity index (χ0v) is 18.5. The number of likely N-dealkylation sites (tertiary alicyclic amines) is 2. The average Bonchev–Trinajstić information content (AvgIpc) is 3.28. The van der Waals surface area contributed by atoms with Gasteiger partial charge in [-0.3, -0.25) is 5.10 Å². The lowest BCUT2D eigenvalue weighted by Crippen LogP contribution is -2.71. The molecule has 6 rings (SSSR count). The van der Waals surface area contributed by atoms with Crippen molar-refractivity contribution in [1.29, 1.82) is 0 Å². The van der Waals surface area contributed by atoms with Crippen molar-refractivity contribution in [3.63, 3.8) is 0 Å². The number of hydrogen-bond acceptors (Lipinski definition) is 4. The van der Waals surface area contributed by atoms with Gasteiger partial charge in [-0.25, -0.2) is 14.5 Å². The van der Waals surface area contributed by atoms with E-state index in [0.29, 0.717) is 45.4 Å². The van der Waals surface area contributed by atoms with Crippen molar-refractivity contribution in [3.8, 4) is 0 Å². The zero-order valence-electron chi connectivity index (χ0n) is 18.5. The van der Waals surface area contributed by atoms with E-state index in [2.05, 4.69) is 15.2 Å². The Morgan fingerprint density at radius 3 is 2.11 bits per heavy atom. The molecule has 0 bridgehead atoms. The summed E-state index contributed by atoms with van der Waals surface area (Å²) in [6, 6.07) is -0.175. The molecule has 35 heavy (non-hydrogen) atoms. The lowest BCUT2D eigenvalue weighted by molar-refractivity contribution is -0.145. The molecule has 8 nitrogen and oxygen atoms in total. The Labute approximate surface area is 195 Å². The molecule has 2 amide bonds. The van der Waals surface area contributed by atoms with E-state index >= 15 is 0 Å². The molecule has 0 aromatic carbocycles. The first-order chi connectivity index (χ1) is 16.3. The SMILES string of the molecule is O=C(N1CC2(CC(Cc3cn[nH]c3C(F)(F)F)C2)C1)N1CC2(CC(n3cnc(C(F)(F)F)n3)C2)C1. The quantitative estimate of drug-likeness (QED) is 0.647. The molecule has 190 valence electrons. The van der Waals surface area contributed by atoms with Crippen LogP contribution in [-0.2, 0) is 18.8 Å². The molecule has 0 unspecified atom stereocenters. The highest BCUT2D eigenvalue weighted by Crippen LogP contribution is 2.56. The van der Waals surface area contributed by atoms with Crippen LogP contribution in [0.3, 0.4) is 0 Å². The highest BCUT2D eigenvalue weighted by atomic mass is 19.4. The predicted molar refractivity (Wildman–Crippen MR) is 107 cm³/mol. The highest BCUT2D eigenvalue weighted by Gasteiger charge is 2.59. The predicted octanol–water partition coefficient (Wildman–Crippen LogP) is 3.75. The zero-order chi connectivity index (χ0) is 24.8. The number of rotatable bonds is 3. The maximum Gasteiger partial charge on any atom is 0.453 e. The van der Waals surface area contributed by atoms with Crippen molar-refractivity contribution in [2.45, 2.75) is 50.5 Å². The van der Waals surface area contributed by atoms with Crippen LogP contribution >= 0.6 is 0 Å². The minimum absolute atomic E-state index is 0.00978. The molecule has 14 heteroatoms. The Balaban J connectivity index is 0.939. The number of aromatic nitrogens is 5. The first kappa shape index (κ1) is 22.7. The highest BCUT2D eigenvalue weighted by molar-refractivity contribution is 5.77. The summed E-state index contributed by atoms with van der Waals surface area (Å²) in [4.78, 5) is 19.7. The van der Waals surface area contributed by atoms with Gasteiger partial charge >= 0.3 is 18.4 Å². The van der Waals surface area contributed by atoms with E-state index in [0.717, 1.165) is 19.2 Å². The topological polar surface area (TPSA) is 82.9 Å². The van der Waals surface area contributed by atoms with Gasteiger partial charge in [0.2, 0.25) is 0 Å². The van der Waals surface area contributed by atoms with Crippen LogP contribution in [0.25, 0.3) is 0 Å². The van der Waals surface area contributed by atoms with Crippen molar-refractivity contribution in [2.24, 2.45) is 16.7 Å². The number of hydrogen-bond donors (Lipinski definition) is 1. The summed E-state index contributed by atoms with van der Waals surface area (Å²) >= 11 is 0. The number of carbonyl (C=O) groups is 1. The number of aromatic amines is 1. The van der Waals surface area contributed by atoms with Gasteiger partial charge in [-0.1, -0.05) is 0 Å². The van der Waals surface area contributed by atoms with Crippen LogP contribution in [-0.4, -0.2) is 67.0 Å². The second kappa shape index (κ2) is 7.12. The standard InChI is InChI=1S/C21H23F6N7O/c22-20(23,24)15-13(6-29-30-15)1-12-2-18(3-12)7-32(8-18)17(35)33-9-19(10-33)4-14(5-19)34-11-28-16(31-34)21(25,26)27/h6,11-12,14H,1-5,7-10H2,(H,29,30). The largest absolute Gasteiger partial charge is 0.453 e. The summed E-state index contributed by atoms with van der Waals surface area (Å²) in [5, 5.41) is 9.13. The van der Waals surface area contributed by atoms with Gasteiger partial charge in [0.15, 0.2) is 0 Å². The Kier molecular flexibility index (Phi) is 4.61. The maximum absolute atomic E-state index is 13.0. The first-order valence-electron chi connectivity index (χ1n) is 11.5. The molecule has 2 saturated carbocycles. The van der Waals surface area contributed by atoms with E-state index in [4.69, 9.17) is 0 Å². The summed E-state index contributed by atoms with van der Waals surface area (Å²) in [7, 11) is 0. The second-order valence-corrected chi connectivity index (χ2v) is 10.8. The number of urea groups is 1. The smallest absolute Gasteiger partial charge is 0.323 e. The molecule has 2 spiro atoms. The number of carbonyl (C=O) groups excluding carboxylic acids is 1. The monoisotopic (exact) mass is 503 g/mol. The summed E-state index contributed by atoms with van der Waals surface area (Å²) < 4.78 is 78.4. The van der Waals surface area contributed by atoms with Gasteiger partial charge in [-0.05, 0) is 38.0 Å². The van der Waals surface area contributed by atoms with E-state index in [1.807, 2.05) is 5.10 Å². The maximum atomic E-state index is 13.0. The third-order valence-corrected chi connectivity index (χ3v) is 8.07. The fourth-order valence-corrected chi connectivity index (χ4v) is 6.55. The molecule has 0 radical (unpaired) electrons. The van der Waals surface area contributed by atoms with Gasteiger partial charge in [0, 0.05) is 42.6 Å². The number of H-pyrrole nitrogens is 1. The summed E-state index contributed by atoms with van der Waals surface area (Å²) in [6.45, 7) is 2.39. The number of amides is 2. The lowest BCUT2D eigenvalue weighted by atomic mass is 9.56. The molecule has 2 saturated heterocycles. The van der Waals surface area contributed by atoms with Crippen molar-refractivity contribution < 1.29 is 31.1 Å². The van der Waals surface area contributed by atoms with Crippen LogP contribution in [0.1, 0.15) is 48.8 Å². The summed E-state index contributed by atoms with van der Waals surface area (Å²) in [5.74, 6) is -0.987. The van der Waals surface area contributed by atoms with Gasteiger partial charge < -0.3 is 9.80 Å². The Bertz CT molecular complexity index is 1130. The van der Waals surface area contributed by atoms with Crippen LogP contribution in [0.4, 0.5) is 31.1 Å². The molecule has 2 aromatic rings. The molecular formula is C21H23F6N7O. The van der Waals surface area contributed by atoms with E-state index in [1.165, 1.54) is 10.9 Å². The van der Waals surface area contributed by atoms with E-state index in [9.17, 15) is 31.1 Å². The normalized spacial score (nSPS) is 23.7. The fraction of sp³-hybridized carbons (Fsp3) is 0.714. The van der Waals surface area contributed by atoms with Crippen LogP contribution < -0.4 is 0 Å². The minimum atomic E-state index is -4.56. The molecule has 2 aromatic heterocycles. The Hall–Kier alpha value is -2.80. The molecule has 4 fully saturated rings. The lowest BCUT2D eigenvalue weighted by Gasteiger charge is -2.63. The number of nitrogens with one attached hydrogen (secondary N) is 1. The third-order valence-electron chi connectivity index (χ3n) is 8.07. The fourth-order valence-electron chi connectivity index (χ4n) is 6.55. The van der Waals surface area contributed by atoms with Gasteiger partial charge in [0.25, 0.3) is 5.82 Å². The summed E-state index contributed by atoms with van der Waals surface area (Å²) in [6.07, 6.45) is -3.40. The molecule has 0 atom stereocenters. The number of alkyl halides is 6. The van der Waals surface area contributed by atoms with Crippen molar-refractivity contribution in [2.75, 3.05) is 26.2 Å². The van der Waals surface area contributed by atoms with Crippen LogP contribution in [0.15, 0.2) is 12.5 Å². The first-order valence-corrected chi connectivity index (χ1v) is 11.5. The Morgan fingerprint density at radius 1 is 0.971 bits per heavy atom. The van der Waals surface area contributed by atoms with Crippen LogP contribution in [0.5, 0.6) is 0 Å². The third kappa shape index (κ3) is 3.75. The molecule has 2 aliphatic carbocycles. The Morgan fingerprint density at radius 2 is 1.57 bits per heavy atom. The molecular weight excluding hydrogens is 480 g/mol. The van der Waals surface area contributed by atoms with E-state index in [1.54, 1.807) is 9.80 Å². The van der Waals surface area contributed by atoms with Gasteiger partial charge in [0.05, 0.1) is 12.2 Å². The molecule has 4 heterocycles. The van der Waals surface area contributed by atoms with Gasteiger partial charge in [-0.2, -0.15) is 31.4 Å². The minimum Gasteiger partial charge on any atom is -0.323 e. The van der Waals surface area contributed by atoms with Crippen molar-refractivity contribution in [3.05, 3.63) is 29.6 Å². The van der Waals surface area contributed by atoms with Crippen molar-refractivity contribution >= 4 is 6.03 Å². The van der Waals surface area contributed by atoms with E-state index in [-0.39, 0.29) is 34.4 Å².